The Kier molecular flexibility index (Phi) is 5.31. The number of ether oxygens (including phenoxy) is 1. The van der Waals surface area contributed by atoms with Crippen LogP contribution in [0, 0.1) is 13.8 Å². The van der Waals surface area contributed by atoms with Gasteiger partial charge in [-0.15, -0.1) is 0 Å². The summed E-state index contributed by atoms with van der Waals surface area (Å²) >= 11 is 0. The average molecular weight is 250 g/mol. The van der Waals surface area contributed by atoms with Crippen LogP contribution in [0.4, 0.5) is 5.69 Å². The summed E-state index contributed by atoms with van der Waals surface area (Å²) in [4.78, 5) is 13.8. The van der Waals surface area contributed by atoms with Gasteiger partial charge in [0.1, 0.15) is 0 Å². The second-order valence-electron chi connectivity index (χ2n) is 4.54. The van der Waals surface area contributed by atoms with E-state index in [-0.39, 0.29) is 12.0 Å². The number of rotatable bonds is 5. The average Bonchev–Trinajstić information content (AvgIpc) is 2.34. The van der Waals surface area contributed by atoms with Crippen LogP contribution in [0.2, 0.25) is 0 Å². The molecule has 0 aliphatic rings. The number of carbonyl (C=O) groups excluding carboxylic acids is 1. The summed E-state index contributed by atoms with van der Waals surface area (Å²) in [6.45, 7) is 4.39. The maximum atomic E-state index is 12.1. The third-order valence-electron chi connectivity index (χ3n) is 3.09. The van der Waals surface area contributed by atoms with Crippen molar-refractivity contribution in [2.24, 2.45) is 5.73 Å². The van der Waals surface area contributed by atoms with Crippen LogP contribution in [0.25, 0.3) is 0 Å². The lowest BCUT2D eigenvalue weighted by molar-refractivity contribution is -0.120. The largest absolute Gasteiger partial charge is 0.380 e. The molecular weight excluding hydrogens is 228 g/mol. The highest BCUT2D eigenvalue weighted by molar-refractivity contribution is 5.93. The highest BCUT2D eigenvalue weighted by Gasteiger charge is 2.17. The molecule has 2 N–H and O–H groups in total. The van der Waals surface area contributed by atoms with Gasteiger partial charge in [0.05, 0.1) is 12.5 Å². The van der Waals surface area contributed by atoms with E-state index < -0.39 is 0 Å². The summed E-state index contributed by atoms with van der Waals surface area (Å²) in [5.74, 6) is 0.0132. The zero-order valence-electron chi connectivity index (χ0n) is 11.6. The molecule has 1 rings (SSSR count). The summed E-state index contributed by atoms with van der Waals surface area (Å²) in [6, 6.07) is 6.03. The van der Waals surface area contributed by atoms with E-state index in [2.05, 4.69) is 6.07 Å². The van der Waals surface area contributed by atoms with Gasteiger partial charge in [-0.2, -0.15) is 0 Å². The maximum absolute atomic E-state index is 12.1. The molecule has 0 radical (unpaired) electrons. The molecule has 0 saturated heterocycles. The van der Waals surface area contributed by atoms with Crippen molar-refractivity contribution in [3.05, 3.63) is 29.3 Å². The summed E-state index contributed by atoms with van der Waals surface area (Å²) in [6.07, 6.45) is 0.0855. The van der Waals surface area contributed by atoms with Crippen molar-refractivity contribution in [3.8, 4) is 0 Å². The standard InChI is InChI=1S/C14H22N2O2/c1-10-5-6-13(11(2)7-10)16(3)14(17)8-12(9-15)18-4/h5-7,12H,8-9,15H2,1-4H3. The molecule has 1 aromatic carbocycles. The Labute approximate surface area is 109 Å². The van der Waals surface area contributed by atoms with Crippen molar-refractivity contribution in [1.29, 1.82) is 0 Å². The van der Waals surface area contributed by atoms with Gasteiger partial charge in [0.25, 0.3) is 0 Å². The third-order valence-corrected chi connectivity index (χ3v) is 3.09. The van der Waals surface area contributed by atoms with Crippen molar-refractivity contribution in [2.75, 3.05) is 25.6 Å². The molecule has 1 amide bonds. The van der Waals surface area contributed by atoms with Crippen molar-refractivity contribution in [3.63, 3.8) is 0 Å². The van der Waals surface area contributed by atoms with Crippen LogP contribution >= 0.6 is 0 Å². The first-order valence-electron chi connectivity index (χ1n) is 6.06. The lowest BCUT2D eigenvalue weighted by Crippen LogP contribution is -2.34. The Morgan fingerprint density at radius 2 is 2.11 bits per heavy atom. The van der Waals surface area contributed by atoms with Crippen LogP contribution in [0.1, 0.15) is 17.5 Å². The number of nitrogens with zero attached hydrogens (tertiary/aromatic N) is 1. The number of aryl methyl sites for hydroxylation is 2. The zero-order chi connectivity index (χ0) is 13.7. The van der Waals surface area contributed by atoms with E-state index in [4.69, 9.17) is 10.5 Å². The zero-order valence-corrected chi connectivity index (χ0v) is 11.6. The first-order valence-corrected chi connectivity index (χ1v) is 6.06. The lowest BCUT2D eigenvalue weighted by Gasteiger charge is -2.22. The first kappa shape index (κ1) is 14.7. The number of methoxy groups -OCH3 is 1. The second-order valence-corrected chi connectivity index (χ2v) is 4.54. The molecule has 0 aromatic heterocycles. The van der Waals surface area contributed by atoms with Gasteiger partial charge in [0.15, 0.2) is 0 Å². The van der Waals surface area contributed by atoms with Crippen LogP contribution in [0.3, 0.4) is 0 Å². The number of carbonyl (C=O) groups is 1. The summed E-state index contributed by atoms with van der Waals surface area (Å²) < 4.78 is 5.13. The van der Waals surface area contributed by atoms with Crippen LogP contribution in [0.5, 0.6) is 0 Å². The molecule has 18 heavy (non-hydrogen) atoms. The molecule has 0 bridgehead atoms. The molecule has 1 aromatic rings. The predicted octanol–water partition coefficient (Wildman–Crippen LogP) is 1.63. The SMILES string of the molecule is COC(CN)CC(=O)N(C)c1ccc(C)cc1C. The summed E-state index contributed by atoms with van der Waals surface area (Å²) in [5, 5.41) is 0. The molecular formula is C14H22N2O2. The van der Waals surface area contributed by atoms with Gasteiger partial charge < -0.3 is 15.4 Å². The predicted molar refractivity (Wildman–Crippen MR) is 73.8 cm³/mol. The van der Waals surface area contributed by atoms with E-state index in [1.54, 1.807) is 19.1 Å². The minimum Gasteiger partial charge on any atom is -0.380 e. The van der Waals surface area contributed by atoms with Gasteiger partial charge in [-0.05, 0) is 25.5 Å². The highest BCUT2D eigenvalue weighted by Crippen LogP contribution is 2.20. The lowest BCUT2D eigenvalue weighted by atomic mass is 10.1. The van der Waals surface area contributed by atoms with Crippen LogP contribution in [-0.4, -0.2) is 32.7 Å². The third kappa shape index (κ3) is 3.55. The Morgan fingerprint density at radius 3 is 2.61 bits per heavy atom. The van der Waals surface area contributed by atoms with E-state index in [0.717, 1.165) is 11.3 Å². The number of nitrogens with two attached hydrogens (primary N) is 1. The smallest absolute Gasteiger partial charge is 0.229 e. The van der Waals surface area contributed by atoms with Gasteiger partial charge in [0, 0.05) is 26.4 Å². The minimum absolute atomic E-state index is 0.0132. The molecule has 100 valence electrons. The number of benzene rings is 1. The fraction of sp³-hybridized carbons (Fsp3) is 0.500. The van der Waals surface area contributed by atoms with E-state index >= 15 is 0 Å². The molecule has 0 aliphatic heterocycles. The van der Waals surface area contributed by atoms with Crippen LogP contribution in [-0.2, 0) is 9.53 Å². The quantitative estimate of drug-likeness (QED) is 0.864. The molecule has 0 heterocycles. The van der Waals surface area contributed by atoms with Gasteiger partial charge in [-0.1, -0.05) is 17.7 Å². The molecule has 4 nitrogen and oxygen atoms in total. The maximum Gasteiger partial charge on any atom is 0.229 e. The number of anilines is 1. The van der Waals surface area contributed by atoms with Gasteiger partial charge >= 0.3 is 0 Å². The fourth-order valence-corrected chi connectivity index (χ4v) is 1.91. The van der Waals surface area contributed by atoms with E-state index in [1.807, 2.05) is 26.0 Å². The molecule has 0 spiro atoms. The monoisotopic (exact) mass is 250 g/mol. The van der Waals surface area contributed by atoms with Crippen LogP contribution < -0.4 is 10.6 Å². The van der Waals surface area contributed by atoms with Gasteiger partial charge in [-0.3, -0.25) is 4.79 Å². The Morgan fingerprint density at radius 1 is 1.44 bits per heavy atom. The van der Waals surface area contributed by atoms with Crippen molar-refractivity contribution in [2.45, 2.75) is 26.4 Å². The first-order chi connectivity index (χ1) is 8.49. The Hall–Kier alpha value is -1.39. The molecule has 0 fully saturated rings. The van der Waals surface area contributed by atoms with Crippen LogP contribution in [0.15, 0.2) is 18.2 Å². The number of amides is 1. The van der Waals surface area contributed by atoms with Crippen molar-refractivity contribution < 1.29 is 9.53 Å². The molecule has 0 saturated carbocycles. The minimum atomic E-state index is -0.217. The summed E-state index contributed by atoms with van der Waals surface area (Å²) in [5.41, 5.74) is 8.73. The normalized spacial score (nSPS) is 12.3. The van der Waals surface area contributed by atoms with Crippen molar-refractivity contribution in [1.82, 2.24) is 0 Å². The van der Waals surface area contributed by atoms with Crippen molar-refractivity contribution >= 4 is 11.6 Å². The second kappa shape index (κ2) is 6.52. The van der Waals surface area contributed by atoms with E-state index in [0.29, 0.717) is 13.0 Å². The Bertz CT molecular complexity index is 414. The number of hydrogen-bond acceptors (Lipinski definition) is 3. The van der Waals surface area contributed by atoms with E-state index in [1.165, 1.54) is 5.56 Å². The van der Waals surface area contributed by atoms with E-state index in [9.17, 15) is 4.79 Å². The van der Waals surface area contributed by atoms with Gasteiger partial charge in [0.2, 0.25) is 5.91 Å². The topological polar surface area (TPSA) is 55.6 Å². The molecule has 1 unspecified atom stereocenters. The highest BCUT2D eigenvalue weighted by atomic mass is 16.5. The fourth-order valence-electron chi connectivity index (χ4n) is 1.91. The van der Waals surface area contributed by atoms with Gasteiger partial charge in [-0.25, -0.2) is 0 Å². The number of hydrogen-bond donors (Lipinski definition) is 1. The molecule has 1 atom stereocenters. The molecule has 0 aliphatic carbocycles. The Balaban J connectivity index is 2.80. The summed E-state index contributed by atoms with van der Waals surface area (Å²) in [7, 11) is 3.35. The molecule has 4 heteroatoms.